The molecule has 4 rings (SSSR count). The number of nitrogens with zero attached hydrogens (tertiary/aromatic N) is 4. The smallest absolute Gasteiger partial charge is 0.407 e. The fraction of sp³-hybridized carbons (Fsp3) is 0.150. The van der Waals surface area contributed by atoms with Gasteiger partial charge in [0.1, 0.15) is 11.6 Å². The number of ether oxygens (including phenoxy) is 1. The van der Waals surface area contributed by atoms with E-state index in [0.29, 0.717) is 17.2 Å². The molecule has 0 saturated carbocycles. The quantitative estimate of drug-likeness (QED) is 0.464. The van der Waals surface area contributed by atoms with Gasteiger partial charge in [-0.3, -0.25) is 10.1 Å². The third kappa shape index (κ3) is 4.02. The van der Waals surface area contributed by atoms with E-state index in [9.17, 15) is 9.18 Å². The van der Waals surface area contributed by atoms with Crippen molar-refractivity contribution in [2.45, 2.75) is 13.0 Å². The van der Waals surface area contributed by atoms with Crippen LogP contribution in [0.1, 0.15) is 23.3 Å². The number of rotatable bonds is 5. The Morgan fingerprint density at radius 3 is 2.73 bits per heavy atom. The van der Waals surface area contributed by atoms with Crippen LogP contribution in [0, 0.1) is 12.7 Å². The molecule has 1 aromatic carbocycles. The third-order valence-electron chi connectivity index (χ3n) is 4.26. The number of pyridine rings is 1. The Morgan fingerprint density at radius 2 is 2.03 bits per heavy atom. The van der Waals surface area contributed by atoms with E-state index in [1.54, 1.807) is 0 Å². The number of H-pyrrole nitrogens is 1. The van der Waals surface area contributed by atoms with Crippen LogP contribution >= 0.6 is 0 Å². The lowest BCUT2D eigenvalue weighted by Crippen LogP contribution is -2.24. The highest BCUT2D eigenvalue weighted by Gasteiger charge is 2.25. The first-order valence-electron chi connectivity index (χ1n) is 9.09. The molecule has 3 aromatic heterocycles. The van der Waals surface area contributed by atoms with Gasteiger partial charge in [0, 0.05) is 24.2 Å². The highest BCUT2D eigenvalue weighted by atomic mass is 19.1. The second-order valence-corrected chi connectivity index (χ2v) is 6.45. The Morgan fingerprint density at radius 1 is 1.20 bits per heavy atom. The fourth-order valence-corrected chi connectivity index (χ4v) is 2.86. The summed E-state index contributed by atoms with van der Waals surface area (Å²) in [6.45, 7) is 1.88. The lowest BCUT2D eigenvalue weighted by Gasteiger charge is -2.18. The molecule has 10 heteroatoms. The number of anilines is 2. The molecule has 0 bridgehead atoms. The predicted molar refractivity (Wildman–Crippen MR) is 108 cm³/mol. The molecule has 1 amide bonds. The molecular formula is C20H18FN7O2. The molecule has 1 atom stereocenters. The van der Waals surface area contributed by atoms with Crippen molar-refractivity contribution in [3.63, 3.8) is 0 Å². The zero-order valence-electron chi connectivity index (χ0n) is 16.2. The zero-order valence-corrected chi connectivity index (χ0v) is 16.2. The summed E-state index contributed by atoms with van der Waals surface area (Å²) in [7, 11) is 1.44. The molecule has 0 saturated heterocycles. The summed E-state index contributed by atoms with van der Waals surface area (Å²) in [5.41, 5.74) is 1.80. The van der Waals surface area contributed by atoms with Gasteiger partial charge in [0.25, 0.3) is 0 Å². The number of benzene rings is 1. The minimum absolute atomic E-state index is 0.186. The third-order valence-corrected chi connectivity index (χ3v) is 4.26. The van der Waals surface area contributed by atoms with Crippen LogP contribution in [-0.4, -0.2) is 38.3 Å². The Labute approximate surface area is 170 Å². The zero-order chi connectivity index (χ0) is 21.1. The van der Waals surface area contributed by atoms with Gasteiger partial charge in [0.15, 0.2) is 11.6 Å². The van der Waals surface area contributed by atoms with Crippen molar-refractivity contribution >= 4 is 28.6 Å². The van der Waals surface area contributed by atoms with Gasteiger partial charge in [-0.2, -0.15) is 5.10 Å². The summed E-state index contributed by atoms with van der Waals surface area (Å²) in [4.78, 5) is 25.1. The van der Waals surface area contributed by atoms with Crippen molar-refractivity contribution in [1.29, 1.82) is 0 Å². The lowest BCUT2D eigenvalue weighted by molar-refractivity contribution is 0.112. The Hall–Kier alpha value is -4.08. The van der Waals surface area contributed by atoms with Crippen LogP contribution < -0.4 is 10.6 Å². The average molecular weight is 407 g/mol. The maximum atomic E-state index is 13.4. The van der Waals surface area contributed by atoms with E-state index in [2.05, 4.69) is 35.8 Å². The second kappa shape index (κ2) is 8.11. The van der Waals surface area contributed by atoms with Gasteiger partial charge >= 0.3 is 6.09 Å². The number of aromatic amines is 1. The van der Waals surface area contributed by atoms with E-state index in [-0.39, 0.29) is 11.5 Å². The van der Waals surface area contributed by atoms with E-state index in [0.717, 1.165) is 17.3 Å². The molecule has 30 heavy (non-hydrogen) atoms. The van der Waals surface area contributed by atoms with Crippen LogP contribution in [0.15, 0.2) is 48.7 Å². The van der Waals surface area contributed by atoms with Gasteiger partial charge in [-0.1, -0.05) is 12.1 Å². The number of amides is 1. The van der Waals surface area contributed by atoms with E-state index < -0.39 is 18.0 Å². The summed E-state index contributed by atoms with van der Waals surface area (Å²) >= 11 is 0. The Bertz CT molecular complexity index is 1190. The maximum absolute atomic E-state index is 13.4. The Kier molecular flexibility index (Phi) is 5.21. The molecule has 1 unspecified atom stereocenters. The van der Waals surface area contributed by atoms with Gasteiger partial charge in [-0.05, 0) is 31.2 Å². The SMILES string of the molecule is CNC(=O)OC(c1ccc(F)cn1)c1nc(Nc2cc(C)[nH]n2)c2ccccc2n1. The first-order valence-corrected chi connectivity index (χ1v) is 9.09. The minimum atomic E-state index is -1.04. The second-order valence-electron chi connectivity index (χ2n) is 6.45. The number of alkyl carbamates (subject to hydrolysis) is 1. The van der Waals surface area contributed by atoms with Gasteiger partial charge in [-0.25, -0.2) is 19.2 Å². The van der Waals surface area contributed by atoms with Crippen molar-refractivity contribution in [1.82, 2.24) is 30.5 Å². The van der Waals surface area contributed by atoms with Crippen molar-refractivity contribution in [2.75, 3.05) is 12.4 Å². The summed E-state index contributed by atoms with van der Waals surface area (Å²) < 4.78 is 18.8. The number of carbonyl (C=O) groups is 1. The van der Waals surface area contributed by atoms with Crippen molar-refractivity contribution < 1.29 is 13.9 Å². The number of hydrogen-bond acceptors (Lipinski definition) is 7. The molecule has 3 N–H and O–H groups in total. The summed E-state index contributed by atoms with van der Waals surface area (Å²) in [5, 5.41) is 13.3. The molecule has 0 aliphatic heterocycles. The molecule has 0 radical (unpaired) electrons. The van der Waals surface area contributed by atoms with Crippen molar-refractivity contribution in [2.24, 2.45) is 0 Å². The first-order chi connectivity index (χ1) is 14.5. The average Bonchev–Trinajstić information content (AvgIpc) is 3.17. The van der Waals surface area contributed by atoms with E-state index in [1.165, 1.54) is 19.2 Å². The fourth-order valence-electron chi connectivity index (χ4n) is 2.86. The lowest BCUT2D eigenvalue weighted by atomic mass is 10.2. The van der Waals surface area contributed by atoms with Crippen molar-refractivity contribution in [3.8, 4) is 0 Å². The molecule has 4 aromatic rings. The van der Waals surface area contributed by atoms with E-state index in [4.69, 9.17) is 4.74 Å². The number of fused-ring (bicyclic) bond motifs is 1. The van der Waals surface area contributed by atoms with E-state index >= 15 is 0 Å². The molecule has 0 fully saturated rings. The summed E-state index contributed by atoms with van der Waals surface area (Å²) in [5.74, 6) is 0.736. The summed E-state index contributed by atoms with van der Waals surface area (Å²) in [6, 6.07) is 11.9. The minimum Gasteiger partial charge on any atom is -0.431 e. The molecular weight excluding hydrogens is 389 g/mol. The van der Waals surface area contributed by atoms with Crippen LogP contribution in [0.4, 0.5) is 20.8 Å². The monoisotopic (exact) mass is 407 g/mol. The topological polar surface area (TPSA) is 118 Å². The van der Waals surface area contributed by atoms with Crippen LogP contribution in [0.25, 0.3) is 10.9 Å². The molecule has 0 aliphatic rings. The number of aromatic nitrogens is 5. The molecule has 0 spiro atoms. The number of nitrogens with one attached hydrogen (secondary N) is 3. The normalized spacial score (nSPS) is 11.8. The van der Waals surface area contributed by atoms with Gasteiger partial charge in [0.2, 0.25) is 6.10 Å². The summed E-state index contributed by atoms with van der Waals surface area (Å²) in [6.07, 6.45) is -0.695. The number of hydrogen-bond donors (Lipinski definition) is 3. The highest BCUT2D eigenvalue weighted by molar-refractivity contribution is 5.90. The van der Waals surface area contributed by atoms with Gasteiger partial charge < -0.3 is 15.4 Å². The number of halogens is 1. The van der Waals surface area contributed by atoms with E-state index in [1.807, 2.05) is 37.3 Å². The standard InChI is InChI=1S/C20H18FN7O2/c1-11-9-16(28-27-11)25-18-13-5-3-4-6-14(13)24-19(26-18)17(30-20(29)22-2)15-8-7-12(21)10-23-15/h3-10,17H,1-2H3,(H,22,29)(H2,24,25,26,27,28). The largest absolute Gasteiger partial charge is 0.431 e. The molecule has 0 aliphatic carbocycles. The Balaban J connectivity index is 1.83. The maximum Gasteiger partial charge on any atom is 0.407 e. The van der Waals surface area contributed by atoms with Crippen LogP contribution in [0.3, 0.4) is 0 Å². The molecule has 152 valence electrons. The van der Waals surface area contributed by atoms with Crippen LogP contribution in [-0.2, 0) is 4.74 Å². The number of para-hydroxylation sites is 1. The molecule has 9 nitrogen and oxygen atoms in total. The van der Waals surface area contributed by atoms with Crippen LogP contribution in [0.2, 0.25) is 0 Å². The van der Waals surface area contributed by atoms with Gasteiger partial charge in [0.05, 0.1) is 17.4 Å². The molecule has 3 heterocycles. The number of carbonyl (C=O) groups excluding carboxylic acids is 1. The highest BCUT2D eigenvalue weighted by Crippen LogP contribution is 2.29. The van der Waals surface area contributed by atoms with Gasteiger partial charge in [-0.15, -0.1) is 0 Å². The van der Waals surface area contributed by atoms with Crippen LogP contribution in [0.5, 0.6) is 0 Å². The predicted octanol–water partition coefficient (Wildman–Crippen LogP) is 3.38. The number of aryl methyl sites for hydroxylation is 1. The van der Waals surface area contributed by atoms with Crippen molar-refractivity contribution in [3.05, 3.63) is 71.7 Å². The first kappa shape index (κ1) is 19.2.